The molecule has 0 N–H and O–H groups in total. The molecule has 122 valence electrons. The van der Waals surface area contributed by atoms with E-state index < -0.39 is 0 Å². The first-order chi connectivity index (χ1) is 11.1. The van der Waals surface area contributed by atoms with Crippen LogP contribution in [0.3, 0.4) is 0 Å². The Labute approximate surface area is 137 Å². The van der Waals surface area contributed by atoms with E-state index in [0.29, 0.717) is 12.5 Å². The minimum absolute atomic E-state index is 0.179. The lowest BCUT2D eigenvalue weighted by atomic mass is 9.90. The first-order valence-electron chi connectivity index (χ1n) is 8.29. The van der Waals surface area contributed by atoms with E-state index in [4.69, 9.17) is 0 Å². The third-order valence-corrected chi connectivity index (χ3v) is 4.63. The molecule has 0 aromatic carbocycles. The molecule has 0 saturated carbocycles. The van der Waals surface area contributed by atoms with Crippen molar-refractivity contribution in [2.45, 2.75) is 39.7 Å². The van der Waals surface area contributed by atoms with Gasteiger partial charge in [0.1, 0.15) is 6.54 Å². The first-order valence-corrected chi connectivity index (χ1v) is 8.29. The molecule has 3 rings (SSSR count). The number of amides is 1. The Morgan fingerprint density at radius 2 is 1.91 bits per heavy atom. The molecular formula is C18H24N4O. The third kappa shape index (κ3) is 3.97. The van der Waals surface area contributed by atoms with Crippen LogP contribution in [0.15, 0.2) is 30.6 Å². The summed E-state index contributed by atoms with van der Waals surface area (Å²) in [5.41, 5.74) is 3.35. The third-order valence-electron chi connectivity index (χ3n) is 4.63. The Hall–Kier alpha value is -2.17. The Balaban J connectivity index is 1.50. The van der Waals surface area contributed by atoms with Crippen LogP contribution >= 0.6 is 0 Å². The first kappa shape index (κ1) is 15.7. The molecule has 1 aliphatic heterocycles. The van der Waals surface area contributed by atoms with Crippen LogP contribution in [0, 0.1) is 19.8 Å². The number of carbonyl (C=O) groups is 1. The molecule has 2 aromatic rings. The van der Waals surface area contributed by atoms with Gasteiger partial charge in [0.25, 0.3) is 0 Å². The summed E-state index contributed by atoms with van der Waals surface area (Å²) in [6, 6.07) is 6.18. The molecule has 1 amide bonds. The van der Waals surface area contributed by atoms with Gasteiger partial charge in [0.2, 0.25) is 5.91 Å². The van der Waals surface area contributed by atoms with Gasteiger partial charge in [-0.15, -0.1) is 0 Å². The van der Waals surface area contributed by atoms with Crippen LogP contribution < -0.4 is 0 Å². The summed E-state index contributed by atoms with van der Waals surface area (Å²) in [5.74, 6) is 0.841. The molecule has 0 radical (unpaired) electrons. The zero-order valence-electron chi connectivity index (χ0n) is 13.9. The smallest absolute Gasteiger partial charge is 0.244 e. The molecule has 23 heavy (non-hydrogen) atoms. The highest BCUT2D eigenvalue weighted by Gasteiger charge is 2.23. The zero-order valence-corrected chi connectivity index (χ0v) is 13.9. The number of carbonyl (C=O) groups excluding carboxylic acids is 1. The lowest BCUT2D eigenvalue weighted by Crippen LogP contribution is -2.40. The highest BCUT2D eigenvalue weighted by atomic mass is 16.2. The van der Waals surface area contributed by atoms with Crippen LogP contribution in [0.25, 0.3) is 0 Å². The van der Waals surface area contributed by atoms with E-state index in [2.05, 4.69) is 22.2 Å². The lowest BCUT2D eigenvalue weighted by Gasteiger charge is -2.32. The Morgan fingerprint density at radius 3 is 2.52 bits per heavy atom. The maximum atomic E-state index is 12.5. The molecule has 0 bridgehead atoms. The Kier molecular flexibility index (Phi) is 4.74. The van der Waals surface area contributed by atoms with Crippen molar-refractivity contribution in [3.05, 3.63) is 47.5 Å². The summed E-state index contributed by atoms with van der Waals surface area (Å²) in [7, 11) is 0. The topological polar surface area (TPSA) is 51.0 Å². The van der Waals surface area contributed by atoms with E-state index in [9.17, 15) is 4.79 Å². The van der Waals surface area contributed by atoms with Gasteiger partial charge in [-0.2, -0.15) is 5.10 Å². The lowest BCUT2D eigenvalue weighted by molar-refractivity contribution is -0.133. The molecule has 1 fully saturated rings. The van der Waals surface area contributed by atoms with Crippen molar-refractivity contribution in [1.82, 2.24) is 19.7 Å². The number of piperidine rings is 1. The summed E-state index contributed by atoms with van der Waals surface area (Å²) in [6.07, 6.45) is 6.93. The molecule has 0 unspecified atom stereocenters. The summed E-state index contributed by atoms with van der Waals surface area (Å²) in [6.45, 7) is 6.02. The summed E-state index contributed by atoms with van der Waals surface area (Å²) in [5, 5.41) is 4.38. The van der Waals surface area contributed by atoms with Gasteiger partial charge in [-0.25, -0.2) is 0 Å². The monoisotopic (exact) mass is 312 g/mol. The van der Waals surface area contributed by atoms with Crippen molar-refractivity contribution in [1.29, 1.82) is 0 Å². The van der Waals surface area contributed by atoms with E-state index in [1.807, 2.05) is 37.2 Å². The van der Waals surface area contributed by atoms with Crippen molar-refractivity contribution >= 4 is 5.91 Å². The molecule has 5 nitrogen and oxygen atoms in total. The number of likely N-dealkylation sites (tertiary alicyclic amines) is 1. The van der Waals surface area contributed by atoms with Crippen molar-refractivity contribution in [2.75, 3.05) is 13.1 Å². The van der Waals surface area contributed by atoms with Gasteiger partial charge in [0.05, 0.1) is 5.69 Å². The SMILES string of the molecule is Cc1cc(C)n(CC(=O)N2CCC(Cc3ccncc3)CC2)n1. The van der Waals surface area contributed by atoms with Crippen LogP contribution in [0.4, 0.5) is 0 Å². The Morgan fingerprint density at radius 1 is 1.22 bits per heavy atom. The quantitative estimate of drug-likeness (QED) is 0.871. The highest BCUT2D eigenvalue weighted by molar-refractivity contribution is 5.76. The van der Waals surface area contributed by atoms with E-state index in [-0.39, 0.29) is 5.91 Å². The molecule has 0 atom stereocenters. The van der Waals surface area contributed by atoms with Gasteiger partial charge < -0.3 is 4.90 Å². The van der Waals surface area contributed by atoms with Crippen molar-refractivity contribution in [3.63, 3.8) is 0 Å². The van der Waals surface area contributed by atoms with Crippen LogP contribution in [0.1, 0.15) is 29.8 Å². The maximum Gasteiger partial charge on any atom is 0.244 e. The fourth-order valence-electron chi connectivity index (χ4n) is 3.30. The van der Waals surface area contributed by atoms with Gasteiger partial charge in [0, 0.05) is 31.2 Å². The fraction of sp³-hybridized carbons (Fsp3) is 0.500. The van der Waals surface area contributed by atoms with Gasteiger partial charge in [-0.1, -0.05) is 0 Å². The molecule has 1 saturated heterocycles. The fourth-order valence-corrected chi connectivity index (χ4v) is 3.30. The number of hydrogen-bond acceptors (Lipinski definition) is 3. The normalized spacial score (nSPS) is 15.8. The van der Waals surface area contributed by atoms with Gasteiger partial charge in [0.15, 0.2) is 0 Å². The second-order valence-electron chi connectivity index (χ2n) is 6.47. The number of aryl methyl sites for hydroxylation is 2. The van der Waals surface area contributed by atoms with Gasteiger partial charge in [-0.05, 0) is 62.8 Å². The number of aromatic nitrogens is 3. The number of pyridine rings is 1. The summed E-state index contributed by atoms with van der Waals surface area (Å²) < 4.78 is 1.81. The van der Waals surface area contributed by atoms with Crippen molar-refractivity contribution in [2.24, 2.45) is 5.92 Å². The summed E-state index contributed by atoms with van der Waals surface area (Å²) >= 11 is 0. The van der Waals surface area contributed by atoms with E-state index >= 15 is 0 Å². The molecule has 0 spiro atoms. The van der Waals surface area contributed by atoms with E-state index in [1.165, 1.54) is 5.56 Å². The van der Waals surface area contributed by atoms with E-state index in [0.717, 1.165) is 43.7 Å². The number of hydrogen-bond donors (Lipinski definition) is 0. The molecule has 2 aromatic heterocycles. The molecule has 3 heterocycles. The predicted octanol–water partition coefficient (Wildman–Crippen LogP) is 2.38. The molecular weight excluding hydrogens is 288 g/mol. The molecule has 5 heteroatoms. The highest BCUT2D eigenvalue weighted by Crippen LogP contribution is 2.21. The zero-order chi connectivity index (χ0) is 16.2. The maximum absolute atomic E-state index is 12.5. The minimum Gasteiger partial charge on any atom is -0.341 e. The average Bonchev–Trinajstić information content (AvgIpc) is 2.86. The number of rotatable bonds is 4. The van der Waals surface area contributed by atoms with Gasteiger partial charge in [-0.3, -0.25) is 14.5 Å². The van der Waals surface area contributed by atoms with Crippen LogP contribution in [0.5, 0.6) is 0 Å². The second kappa shape index (κ2) is 6.94. The second-order valence-corrected chi connectivity index (χ2v) is 6.47. The molecule has 0 aliphatic carbocycles. The molecule has 1 aliphatic rings. The summed E-state index contributed by atoms with van der Waals surface area (Å²) in [4.78, 5) is 18.5. The van der Waals surface area contributed by atoms with Gasteiger partial charge >= 0.3 is 0 Å². The standard InChI is InChI=1S/C18H24N4O/c1-14-11-15(2)22(20-14)13-18(23)21-9-5-17(6-10-21)12-16-3-7-19-8-4-16/h3-4,7-8,11,17H,5-6,9-10,12-13H2,1-2H3. The largest absolute Gasteiger partial charge is 0.341 e. The number of nitrogens with zero attached hydrogens (tertiary/aromatic N) is 4. The minimum atomic E-state index is 0.179. The van der Waals surface area contributed by atoms with Crippen molar-refractivity contribution < 1.29 is 4.79 Å². The van der Waals surface area contributed by atoms with Crippen molar-refractivity contribution in [3.8, 4) is 0 Å². The average molecular weight is 312 g/mol. The van der Waals surface area contributed by atoms with Crippen LogP contribution in [-0.2, 0) is 17.8 Å². The van der Waals surface area contributed by atoms with Crippen LogP contribution in [0.2, 0.25) is 0 Å². The van der Waals surface area contributed by atoms with Crippen LogP contribution in [-0.4, -0.2) is 38.7 Å². The Bertz CT molecular complexity index is 657. The van der Waals surface area contributed by atoms with E-state index in [1.54, 1.807) is 4.68 Å². The predicted molar refractivity (Wildman–Crippen MR) is 88.9 cm³/mol.